The van der Waals surface area contributed by atoms with Crippen molar-refractivity contribution in [1.29, 1.82) is 0 Å². The second-order valence-corrected chi connectivity index (χ2v) is 25.8. The summed E-state index contributed by atoms with van der Waals surface area (Å²) in [6.07, 6.45) is 0. The van der Waals surface area contributed by atoms with Crippen LogP contribution in [0.4, 0.5) is 0 Å². The molecule has 0 atom stereocenters. The van der Waals surface area contributed by atoms with Crippen molar-refractivity contribution in [3.05, 3.63) is 11.4 Å². The first-order chi connectivity index (χ1) is 10.3. The zero-order valence-corrected chi connectivity index (χ0v) is 18.9. The highest BCUT2D eigenvalue weighted by Gasteiger charge is 2.46. The van der Waals surface area contributed by atoms with Crippen molar-refractivity contribution in [1.82, 2.24) is 0 Å². The van der Waals surface area contributed by atoms with Crippen LogP contribution in [-0.2, 0) is 0 Å². The first kappa shape index (κ1) is 13.5. The standard InChI is InChI=1S/C16H26S2Si3/c1-19(2,3)15-12-11-9-10-17-14(11)21(7,8)13(12)16(18-15)20(4,5)6/h9-10H,1-8H3/i9D,10D. The first-order valence-corrected chi connectivity index (χ1v) is 19.2. The predicted molar refractivity (Wildman–Crippen MR) is 110 cm³/mol. The third kappa shape index (κ3) is 2.24. The topological polar surface area (TPSA) is 0 Å². The van der Waals surface area contributed by atoms with E-state index in [0.29, 0.717) is 11.4 Å². The fourth-order valence-electron chi connectivity index (χ4n) is 3.29. The fraction of sp³-hybridized carbons (Fsp3) is 0.500. The lowest BCUT2D eigenvalue weighted by Gasteiger charge is -2.24. The van der Waals surface area contributed by atoms with Gasteiger partial charge in [-0.15, -0.1) is 0 Å². The minimum absolute atomic E-state index is 0.462. The van der Waals surface area contributed by atoms with Gasteiger partial charge in [-0.05, 0) is 36.7 Å². The van der Waals surface area contributed by atoms with Gasteiger partial charge in [-0.3, -0.25) is 0 Å². The molecule has 2 aromatic heterocycles. The summed E-state index contributed by atoms with van der Waals surface area (Å²) in [5.74, 6) is 0. The van der Waals surface area contributed by atoms with E-state index in [-0.39, 0.29) is 0 Å². The molecule has 0 fully saturated rings. The lowest BCUT2D eigenvalue weighted by molar-refractivity contribution is 1.77. The Bertz CT molecular complexity index is 805. The maximum Gasteiger partial charge on any atom is 0.127 e. The molecule has 0 nitrogen and oxygen atoms in total. The summed E-state index contributed by atoms with van der Waals surface area (Å²) < 4.78 is 21.3. The Morgan fingerprint density at radius 1 is 1.00 bits per heavy atom. The third-order valence-electron chi connectivity index (χ3n) is 4.27. The highest BCUT2D eigenvalue weighted by Crippen LogP contribution is 2.33. The van der Waals surface area contributed by atoms with E-state index in [2.05, 4.69) is 63.7 Å². The molecule has 0 radical (unpaired) electrons. The van der Waals surface area contributed by atoms with Gasteiger partial charge in [-0.2, -0.15) is 22.7 Å². The summed E-state index contributed by atoms with van der Waals surface area (Å²) >= 11 is 3.66. The molecular formula is C16H26S2Si3. The van der Waals surface area contributed by atoms with Crippen LogP contribution in [0, 0.1) is 0 Å². The van der Waals surface area contributed by atoms with Gasteiger partial charge in [0.1, 0.15) is 8.07 Å². The van der Waals surface area contributed by atoms with E-state index in [1.165, 1.54) is 10.1 Å². The van der Waals surface area contributed by atoms with Crippen molar-refractivity contribution >= 4 is 65.6 Å². The van der Waals surface area contributed by atoms with E-state index in [0.717, 1.165) is 5.56 Å². The van der Waals surface area contributed by atoms with Crippen LogP contribution in [0.3, 0.4) is 0 Å². The Kier molecular flexibility index (Phi) is 2.91. The van der Waals surface area contributed by atoms with Gasteiger partial charge in [0.05, 0.1) is 18.9 Å². The van der Waals surface area contributed by atoms with Crippen molar-refractivity contribution in [2.24, 2.45) is 0 Å². The second-order valence-electron chi connectivity index (χ2n) is 8.67. The Hall–Kier alpha value is 0.0506. The van der Waals surface area contributed by atoms with Crippen molar-refractivity contribution in [3.63, 3.8) is 0 Å². The van der Waals surface area contributed by atoms with Gasteiger partial charge in [0.25, 0.3) is 0 Å². The summed E-state index contributed by atoms with van der Waals surface area (Å²) in [5, 5.41) is 2.11. The van der Waals surface area contributed by atoms with E-state index in [4.69, 9.17) is 2.74 Å². The van der Waals surface area contributed by atoms with Crippen LogP contribution < -0.4 is 18.7 Å². The van der Waals surface area contributed by atoms with Gasteiger partial charge in [-0.25, -0.2) is 0 Å². The molecule has 21 heavy (non-hydrogen) atoms. The number of thiophene rings is 2. The van der Waals surface area contributed by atoms with Crippen LogP contribution in [0.5, 0.6) is 0 Å². The summed E-state index contributed by atoms with van der Waals surface area (Å²) in [4.78, 5) is 0. The van der Waals surface area contributed by atoms with Crippen LogP contribution in [0.25, 0.3) is 11.1 Å². The molecule has 114 valence electrons. The lowest BCUT2D eigenvalue weighted by atomic mass is 10.2. The monoisotopic (exact) mass is 368 g/mol. The molecule has 5 heteroatoms. The van der Waals surface area contributed by atoms with Crippen LogP contribution >= 0.6 is 22.7 Å². The number of fused-ring (bicyclic) bond motifs is 3. The molecule has 1 aliphatic rings. The largest absolute Gasteiger partial charge is 0.154 e. The third-order valence-corrected chi connectivity index (χ3v) is 18.6. The van der Waals surface area contributed by atoms with Crippen molar-refractivity contribution in [3.8, 4) is 11.1 Å². The molecule has 0 spiro atoms. The smallest absolute Gasteiger partial charge is 0.127 e. The maximum atomic E-state index is 8.51. The van der Waals surface area contributed by atoms with E-state index in [9.17, 15) is 0 Å². The normalized spacial score (nSPS) is 18.3. The molecule has 0 N–H and O–H groups in total. The average molecular weight is 369 g/mol. The zero-order chi connectivity index (χ0) is 17.5. The molecule has 1 aliphatic heterocycles. The van der Waals surface area contributed by atoms with Crippen LogP contribution in [0.1, 0.15) is 2.74 Å². The van der Waals surface area contributed by atoms with Crippen molar-refractivity contribution in [2.75, 3.05) is 0 Å². The van der Waals surface area contributed by atoms with Crippen LogP contribution in [0.15, 0.2) is 11.4 Å². The van der Waals surface area contributed by atoms with Gasteiger partial charge >= 0.3 is 0 Å². The molecule has 0 unspecified atom stereocenters. The zero-order valence-electron chi connectivity index (χ0n) is 16.3. The summed E-state index contributed by atoms with van der Waals surface area (Å²) in [6.45, 7) is 19.5. The molecule has 0 aromatic carbocycles. The molecule has 0 saturated carbocycles. The predicted octanol–water partition coefficient (Wildman–Crippen LogP) is 3.70. The molecular weight excluding hydrogens is 341 g/mol. The Balaban J connectivity index is 2.49. The van der Waals surface area contributed by atoms with Crippen LogP contribution in [0.2, 0.25) is 52.4 Å². The number of hydrogen-bond donors (Lipinski definition) is 0. The Morgan fingerprint density at radius 3 is 2.10 bits per heavy atom. The SMILES string of the molecule is [2H]c1sc2c(c1[2H])-c1c([Si](C)(C)C)sc([Si](C)(C)C)c1[Si]2(C)C. The molecule has 0 saturated heterocycles. The average Bonchev–Trinajstić information content (AvgIpc) is 2.93. The lowest BCUT2D eigenvalue weighted by Crippen LogP contribution is -2.58. The molecule has 2 aromatic rings. The number of rotatable bonds is 2. The van der Waals surface area contributed by atoms with Gasteiger partial charge in [0.2, 0.25) is 0 Å². The maximum absolute atomic E-state index is 8.51. The van der Waals surface area contributed by atoms with Gasteiger partial charge in [-0.1, -0.05) is 52.4 Å². The molecule has 0 amide bonds. The second kappa shape index (κ2) is 4.54. The molecule has 3 rings (SSSR count). The van der Waals surface area contributed by atoms with E-state index in [1.54, 1.807) is 25.5 Å². The van der Waals surface area contributed by atoms with Crippen molar-refractivity contribution in [2.45, 2.75) is 52.4 Å². The minimum Gasteiger partial charge on any atom is -0.154 e. The van der Waals surface area contributed by atoms with E-state index < -0.39 is 24.2 Å². The van der Waals surface area contributed by atoms with Crippen LogP contribution in [-0.4, -0.2) is 24.2 Å². The Labute approximate surface area is 143 Å². The summed E-state index contributed by atoms with van der Waals surface area (Å²) in [6, 6.07) is 0.490. The Morgan fingerprint density at radius 2 is 1.57 bits per heavy atom. The fourth-order valence-corrected chi connectivity index (χ4v) is 16.9. The first-order valence-electron chi connectivity index (χ1n) is 8.57. The van der Waals surface area contributed by atoms with Gasteiger partial charge in [0, 0.05) is 4.50 Å². The minimum atomic E-state index is -1.76. The van der Waals surface area contributed by atoms with E-state index >= 15 is 0 Å². The summed E-state index contributed by atoms with van der Waals surface area (Å²) in [7, 11) is -4.64. The highest BCUT2D eigenvalue weighted by atomic mass is 32.1. The van der Waals surface area contributed by atoms with Gasteiger partial charge < -0.3 is 0 Å². The summed E-state index contributed by atoms with van der Waals surface area (Å²) in [5.41, 5.74) is 2.59. The van der Waals surface area contributed by atoms with E-state index in [1.807, 2.05) is 0 Å². The van der Waals surface area contributed by atoms with Crippen molar-refractivity contribution < 1.29 is 2.74 Å². The molecule has 3 heterocycles. The molecule has 0 aliphatic carbocycles. The highest BCUT2D eigenvalue weighted by molar-refractivity contribution is 7.41. The van der Waals surface area contributed by atoms with Gasteiger partial charge in [0.15, 0.2) is 0 Å². The quantitative estimate of drug-likeness (QED) is 0.709. The number of hydrogen-bond acceptors (Lipinski definition) is 2. The molecule has 0 bridgehead atoms.